The van der Waals surface area contributed by atoms with Crippen molar-refractivity contribution in [3.05, 3.63) is 105 Å². The third-order valence-corrected chi connectivity index (χ3v) is 3.58. The van der Waals surface area contributed by atoms with E-state index in [1.807, 2.05) is 4.98 Å². The molecule has 0 saturated carbocycles. The summed E-state index contributed by atoms with van der Waals surface area (Å²) in [5.74, 6) is -0.949. The van der Waals surface area contributed by atoms with Gasteiger partial charge in [0.2, 0.25) is 5.78 Å². The summed E-state index contributed by atoms with van der Waals surface area (Å²) >= 11 is 0. The van der Waals surface area contributed by atoms with E-state index in [1.54, 1.807) is 60.7 Å². The number of allylic oxidation sites excluding steroid dienone is 1. The zero-order valence-electron chi connectivity index (χ0n) is 13.9. The fourth-order valence-electron chi connectivity index (χ4n) is 2.24. The van der Waals surface area contributed by atoms with Crippen LogP contribution in [0.1, 0.15) is 15.9 Å². The molecule has 0 spiro atoms. The molecule has 0 aliphatic carbocycles. The molecule has 134 valence electrons. The summed E-state index contributed by atoms with van der Waals surface area (Å²) < 4.78 is 0. The second-order valence-electron chi connectivity index (χ2n) is 5.42. The highest BCUT2D eigenvalue weighted by atomic mass is 16.3. The van der Waals surface area contributed by atoms with Crippen molar-refractivity contribution in [1.82, 2.24) is 9.97 Å². The molecule has 0 aliphatic heterocycles. The molecule has 0 unspecified atom stereocenters. The van der Waals surface area contributed by atoms with Crippen molar-refractivity contribution in [2.75, 3.05) is 0 Å². The van der Waals surface area contributed by atoms with Crippen LogP contribution < -0.4 is 11.2 Å². The number of nitrogens with zero attached hydrogens (tertiary/aromatic N) is 2. The van der Waals surface area contributed by atoms with Crippen LogP contribution in [0.25, 0.3) is 5.76 Å². The summed E-state index contributed by atoms with van der Waals surface area (Å²) in [7, 11) is 0. The number of aromatic amines is 2. The lowest BCUT2D eigenvalue weighted by molar-refractivity contribution is 0.103. The lowest BCUT2D eigenvalue weighted by atomic mass is 10.1. The summed E-state index contributed by atoms with van der Waals surface area (Å²) in [4.78, 5) is 39.9. The number of hydrogen-bond acceptors (Lipinski definition) is 6. The number of nitrogens with one attached hydrogen (secondary N) is 2. The van der Waals surface area contributed by atoms with Crippen LogP contribution in [0.2, 0.25) is 0 Å². The zero-order chi connectivity index (χ0) is 19.2. The van der Waals surface area contributed by atoms with E-state index in [0.717, 1.165) is 6.20 Å². The van der Waals surface area contributed by atoms with Gasteiger partial charge in [0, 0.05) is 17.3 Å². The largest absolute Gasteiger partial charge is 0.505 e. The van der Waals surface area contributed by atoms with Crippen molar-refractivity contribution in [3.8, 4) is 0 Å². The Morgan fingerprint density at radius 2 is 1.48 bits per heavy atom. The molecule has 0 amide bonds. The van der Waals surface area contributed by atoms with Crippen molar-refractivity contribution < 1.29 is 9.90 Å². The number of ketones is 1. The van der Waals surface area contributed by atoms with Gasteiger partial charge in [0.25, 0.3) is 5.56 Å². The lowest BCUT2D eigenvalue weighted by Gasteiger charge is -2.06. The Bertz CT molecular complexity index is 1130. The average molecular weight is 362 g/mol. The van der Waals surface area contributed by atoms with E-state index in [9.17, 15) is 19.5 Å². The van der Waals surface area contributed by atoms with Gasteiger partial charge in [-0.15, -0.1) is 10.2 Å². The Kier molecular flexibility index (Phi) is 5.17. The number of aliphatic hydroxyl groups excluding tert-OH is 1. The summed E-state index contributed by atoms with van der Waals surface area (Å²) in [6.45, 7) is 0. The number of hydrogen-bond donors (Lipinski definition) is 3. The minimum absolute atomic E-state index is 0.214. The van der Waals surface area contributed by atoms with Crippen LogP contribution in [-0.4, -0.2) is 20.9 Å². The Hall–Kier alpha value is -4.07. The molecule has 3 rings (SSSR count). The minimum Gasteiger partial charge on any atom is -0.505 e. The fraction of sp³-hybridized carbons (Fsp3) is 0. The monoisotopic (exact) mass is 362 g/mol. The maximum atomic E-state index is 12.8. The molecule has 3 aromatic rings. The van der Waals surface area contributed by atoms with E-state index in [4.69, 9.17) is 0 Å². The third-order valence-electron chi connectivity index (χ3n) is 3.58. The van der Waals surface area contributed by atoms with E-state index in [2.05, 4.69) is 15.2 Å². The van der Waals surface area contributed by atoms with Gasteiger partial charge < -0.3 is 10.1 Å². The van der Waals surface area contributed by atoms with Crippen molar-refractivity contribution >= 4 is 17.2 Å². The van der Waals surface area contributed by atoms with E-state index in [-0.39, 0.29) is 17.1 Å². The molecule has 1 aromatic heterocycles. The van der Waals surface area contributed by atoms with Crippen LogP contribution in [0, 0.1) is 0 Å². The molecule has 0 atom stereocenters. The maximum absolute atomic E-state index is 12.8. The zero-order valence-corrected chi connectivity index (χ0v) is 13.9. The molecule has 8 heteroatoms. The SMILES string of the molecule is O=C(C(N=Nc1c[nH]c(=O)[nH]c1=O)=C(O)c1ccccc1)c1ccccc1. The van der Waals surface area contributed by atoms with Gasteiger partial charge in [0.05, 0.1) is 0 Å². The number of aliphatic hydroxyl groups is 1. The second-order valence-corrected chi connectivity index (χ2v) is 5.42. The Balaban J connectivity index is 2.10. The number of benzene rings is 2. The van der Waals surface area contributed by atoms with Crippen LogP contribution in [-0.2, 0) is 0 Å². The molecule has 2 aromatic carbocycles. The van der Waals surface area contributed by atoms with E-state index >= 15 is 0 Å². The summed E-state index contributed by atoms with van der Waals surface area (Å²) in [6, 6.07) is 16.6. The molecular weight excluding hydrogens is 348 g/mol. The van der Waals surface area contributed by atoms with Crippen LogP contribution >= 0.6 is 0 Å². The highest BCUT2D eigenvalue weighted by Crippen LogP contribution is 2.22. The fourth-order valence-corrected chi connectivity index (χ4v) is 2.24. The molecule has 0 aliphatic rings. The standard InChI is InChI=1S/C19H14N4O4/c24-16(12-7-3-1-4-8-12)15(17(25)13-9-5-2-6-10-13)23-22-14-11-20-19(27)21-18(14)26/h1-11,24H,(H2,20,21,26,27). The highest BCUT2D eigenvalue weighted by Gasteiger charge is 2.18. The first-order valence-corrected chi connectivity index (χ1v) is 7.88. The number of azo groups is 1. The first-order chi connectivity index (χ1) is 13.1. The van der Waals surface area contributed by atoms with Crippen LogP contribution in [0.15, 0.2) is 92.4 Å². The van der Waals surface area contributed by atoms with E-state index in [1.165, 1.54) is 0 Å². The molecule has 0 saturated heterocycles. The number of rotatable bonds is 5. The minimum atomic E-state index is -0.770. The van der Waals surface area contributed by atoms with Crippen molar-refractivity contribution in [1.29, 1.82) is 0 Å². The Labute approximate surface area is 152 Å². The van der Waals surface area contributed by atoms with Gasteiger partial charge in [-0.2, -0.15) is 0 Å². The summed E-state index contributed by atoms with van der Waals surface area (Å²) in [6.07, 6.45) is 1.06. The summed E-state index contributed by atoms with van der Waals surface area (Å²) in [5.41, 5.74) is -1.35. The highest BCUT2D eigenvalue weighted by molar-refractivity contribution is 6.12. The first-order valence-electron chi connectivity index (χ1n) is 7.88. The number of carbonyl (C=O) groups is 1. The second kappa shape index (κ2) is 7.87. The lowest BCUT2D eigenvalue weighted by Crippen LogP contribution is -2.20. The number of H-pyrrole nitrogens is 2. The number of Topliss-reactive ketones (excluding diaryl/α,β-unsaturated/α-hetero) is 1. The molecule has 1 heterocycles. The maximum Gasteiger partial charge on any atom is 0.325 e. The van der Waals surface area contributed by atoms with E-state index < -0.39 is 17.0 Å². The molecule has 8 nitrogen and oxygen atoms in total. The van der Waals surface area contributed by atoms with Crippen LogP contribution in [0.4, 0.5) is 5.69 Å². The molecule has 3 N–H and O–H groups in total. The molecule has 0 fully saturated rings. The Morgan fingerprint density at radius 1 is 0.889 bits per heavy atom. The van der Waals surface area contributed by atoms with Crippen LogP contribution in [0.5, 0.6) is 0 Å². The van der Waals surface area contributed by atoms with Gasteiger partial charge in [-0.05, 0) is 0 Å². The molecule has 27 heavy (non-hydrogen) atoms. The van der Waals surface area contributed by atoms with Gasteiger partial charge in [-0.3, -0.25) is 14.6 Å². The molecule has 0 radical (unpaired) electrons. The first kappa shape index (κ1) is 17.7. The van der Waals surface area contributed by atoms with Gasteiger partial charge in [-0.1, -0.05) is 60.7 Å². The van der Waals surface area contributed by atoms with Crippen molar-refractivity contribution in [2.24, 2.45) is 10.2 Å². The molecule has 0 bridgehead atoms. The average Bonchev–Trinajstić information content (AvgIpc) is 2.70. The third kappa shape index (κ3) is 4.13. The van der Waals surface area contributed by atoms with Gasteiger partial charge in [-0.25, -0.2) is 4.79 Å². The van der Waals surface area contributed by atoms with Gasteiger partial charge in [0.15, 0.2) is 17.1 Å². The number of aromatic nitrogens is 2. The quantitative estimate of drug-likeness (QED) is 0.279. The molecular formula is C19H14N4O4. The normalized spacial score (nSPS) is 12.0. The van der Waals surface area contributed by atoms with Crippen molar-refractivity contribution in [2.45, 2.75) is 0 Å². The topological polar surface area (TPSA) is 128 Å². The summed E-state index contributed by atoms with van der Waals surface area (Å²) in [5, 5.41) is 18.1. The predicted octanol–water partition coefficient (Wildman–Crippen LogP) is 2.96. The van der Waals surface area contributed by atoms with Crippen molar-refractivity contribution in [3.63, 3.8) is 0 Å². The van der Waals surface area contributed by atoms with Crippen LogP contribution in [0.3, 0.4) is 0 Å². The smallest absolute Gasteiger partial charge is 0.325 e. The number of carbonyl (C=O) groups excluding carboxylic acids is 1. The Morgan fingerprint density at radius 3 is 2.07 bits per heavy atom. The van der Waals surface area contributed by atoms with Gasteiger partial charge >= 0.3 is 5.69 Å². The van der Waals surface area contributed by atoms with E-state index in [0.29, 0.717) is 11.1 Å². The van der Waals surface area contributed by atoms with Gasteiger partial charge in [0.1, 0.15) is 0 Å². The predicted molar refractivity (Wildman–Crippen MR) is 99.0 cm³/mol.